The molecule has 0 bridgehead atoms. The van der Waals surface area contributed by atoms with Crippen LogP contribution in [-0.2, 0) is 16.8 Å². The molecule has 1 aromatic carbocycles. The van der Waals surface area contributed by atoms with Crippen LogP contribution in [0.25, 0.3) is 0 Å². The number of carbonyl (C=O) groups excluding carboxylic acids is 1. The average Bonchev–Trinajstić information content (AvgIpc) is 2.52. The molecule has 0 fully saturated rings. The molecule has 0 aliphatic rings. The van der Waals surface area contributed by atoms with E-state index in [1.807, 2.05) is 30.3 Å². The summed E-state index contributed by atoms with van der Waals surface area (Å²) in [6.07, 6.45) is 3.43. The van der Waals surface area contributed by atoms with E-state index < -0.39 is 0 Å². The van der Waals surface area contributed by atoms with Gasteiger partial charge in [0.1, 0.15) is 5.75 Å². The van der Waals surface area contributed by atoms with Gasteiger partial charge in [0.2, 0.25) is 0 Å². The van der Waals surface area contributed by atoms with Crippen LogP contribution in [0.4, 0.5) is 0 Å². The standard InChI is InChI=1S/C18H21BrN2O2/c1-18(2,3)15-9-14(19)6-7-16(15)23-12-17(22)21-11-13-5-4-8-20-10-13/h4-10H,11-12H2,1-3H3,(H,21,22). The molecule has 122 valence electrons. The van der Waals surface area contributed by atoms with Gasteiger partial charge in [0, 0.05) is 29.0 Å². The normalized spacial score (nSPS) is 11.1. The van der Waals surface area contributed by atoms with E-state index in [0.717, 1.165) is 21.3 Å². The summed E-state index contributed by atoms with van der Waals surface area (Å²) in [4.78, 5) is 16.0. The van der Waals surface area contributed by atoms with Crippen molar-refractivity contribution in [3.63, 3.8) is 0 Å². The Morgan fingerprint density at radius 2 is 2.09 bits per heavy atom. The SMILES string of the molecule is CC(C)(C)c1cc(Br)ccc1OCC(=O)NCc1cccnc1. The van der Waals surface area contributed by atoms with Gasteiger partial charge in [-0.05, 0) is 35.2 Å². The third-order valence-corrected chi connectivity index (χ3v) is 3.81. The molecule has 0 radical (unpaired) electrons. The van der Waals surface area contributed by atoms with E-state index >= 15 is 0 Å². The molecule has 1 aromatic heterocycles. The van der Waals surface area contributed by atoms with E-state index in [2.05, 4.69) is 47.0 Å². The number of amides is 1. The number of rotatable bonds is 5. The van der Waals surface area contributed by atoms with Crippen LogP contribution in [0, 0.1) is 0 Å². The molecule has 5 heteroatoms. The average molecular weight is 377 g/mol. The van der Waals surface area contributed by atoms with Crippen LogP contribution in [0.3, 0.4) is 0 Å². The molecule has 0 unspecified atom stereocenters. The second-order valence-electron chi connectivity index (χ2n) is 6.32. The van der Waals surface area contributed by atoms with Crippen molar-refractivity contribution in [3.05, 3.63) is 58.3 Å². The van der Waals surface area contributed by atoms with E-state index in [0.29, 0.717) is 6.54 Å². The molecule has 2 aromatic rings. The minimum absolute atomic E-state index is 0.00895. The van der Waals surface area contributed by atoms with Crippen LogP contribution in [0.15, 0.2) is 47.2 Å². The predicted molar refractivity (Wildman–Crippen MR) is 94.4 cm³/mol. The second kappa shape index (κ2) is 7.59. The summed E-state index contributed by atoms with van der Waals surface area (Å²) in [5.74, 6) is 0.578. The smallest absolute Gasteiger partial charge is 0.258 e. The molecule has 1 N–H and O–H groups in total. The first-order chi connectivity index (χ1) is 10.9. The van der Waals surface area contributed by atoms with Gasteiger partial charge in [-0.3, -0.25) is 9.78 Å². The van der Waals surface area contributed by atoms with E-state index in [-0.39, 0.29) is 17.9 Å². The number of aromatic nitrogens is 1. The van der Waals surface area contributed by atoms with Crippen molar-refractivity contribution in [2.45, 2.75) is 32.7 Å². The quantitative estimate of drug-likeness (QED) is 0.862. The van der Waals surface area contributed by atoms with E-state index in [4.69, 9.17) is 4.74 Å². The summed E-state index contributed by atoms with van der Waals surface area (Å²) < 4.78 is 6.72. The zero-order chi connectivity index (χ0) is 16.9. The first-order valence-corrected chi connectivity index (χ1v) is 8.24. The van der Waals surface area contributed by atoms with Gasteiger partial charge in [-0.1, -0.05) is 42.8 Å². The van der Waals surface area contributed by atoms with Gasteiger partial charge in [0.05, 0.1) is 0 Å². The Labute approximate surface area is 145 Å². The monoisotopic (exact) mass is 376 g/mol. The van der Waals surface area contributed by atoms with Crippen LogP contribution in [-0.4, -0.2) is 17.5 Å². The summed E-state index contributed by atoms with van der Waals surface area (Å²) in [5, 5.41) is 2.83. The van der Waals surface area contributed by atoms with Gasteiger partial charge in [-0.2, -0.15) is 0 Å². The van der Waals surface area contributed by atoms with Crippen LogP contribution in [0.2, 0.25) is 0 Å². The highest BCUT2D eigenvalue weighted by Crippen LogP contribution is 2.33. The number of pyridine rings is 1. The molecule has 0 spiro atoms. The molecule has 2 rings (SSSR count). The zero-order valence-electron chi connectivity index (χ0n) is 13.6. The number of hydrogen-bond acceptors (Lipinski definition) is 3. The molecule has 23 heavy (non-hydrogen) atoms. The lowest BCUT2D eigenvalue weighted by atomic mass is 9.86. The number of nitrogens with one attached hydrogen (secondary N) is 1. The molecule has 0 atom stereocenters. The second-order valence-corrected chi connectivity index (χ2v) is 7.23. The molecular formula is C18H21BrN2O2. The molecule has 1 amide bonds. The van der Waals surface area contributed by atoms with Crippen LogP contribution < -0.4 is 10.1 Å². The highest BCUT2D eigenvalue weighted by Gasteiger charge is 2.19. The molecule has 0 saturated carbocycles. The van der Waals surface area contributed by atoms with Gasteiger partial charge in [0.15, 0.2) is 6.61 Å². The summed E-state index contributed by atoms with van der Waals surface area (Å²) >= 11 is 3.48. The van der Waals surface area contributed by atoms with Crippen molar-refractivity contribution in [3.8, 4) is 5.75 Å². The number of halogens is 1. The van der Waals surface area contributed by atoms with Gasteiger partial charge >= 0.3 is 0 Å². The van der Waals surface area contributed by atoms with Crippen molar-refractivity contribution in [2.75, 3.05) is 6.61 Å². The fraction of sp³-hybridized carbons (Fsp3) is 0.333. The predicted octanol–water partition coefficient (Wildman–Crippen LogP) is 3.84. The Bertz CT molecular complexity index is 666. The Morgan fingerprint density at radius 1 is 1.30 bits per heavy atom. The fourth-order valence-corrected chi connectivity index (χ4v) is 2.47. The summed E-state index contributed by atoms with van der Waals surface area (Å²) in [6, 6.07) is 9.59. The lowest BCUT2D eigenvalue weighted by molar-refractivity contribution is -0.123. The van der Waals surface area contributed by atoms with Crippen molar-refractivity contribution in [1.29, 1.82) is 0 Å². The highest BCUT2D eigenvalue weighted by atomic mass is 79.9. The minimum Gasteiger partial charge on any atom is -0.483 e. The van der Waals surface area contributed by atoms with Crippen molar-refractivity contribution >= 4 is 21.8 Å². The molecule has 0 saturated heterocycles. The lowest BCUT2D eigenvalue weighted by Crippen LogP contribution is -2.29. The summed E-state index contributed by atoms with van der Waals surface area (Å²) in [7, 11) is 0. The van der Waals surface area contributed by atoms with Crippen molar-refractivity contribution in [1.82, 2.24) is 10.3 Å². The zero-order valence-corrected chi connectivity index (χ0v) is 15.2. The van der Waals surface area contributed by atoms with E-state index in [1.165, 1.54) is 0 Å². The van der Waals surface area contributed by atoms with Crippen LogP contribution in [0.5, 0.6) is 5.75 Å². The summed E-state index contributed by atoms with van der Waals surface area (Å²) in [5.41, 5.74) is 1.96. The van der Waals surface area contributed by atoms with Gasteiger partial charge in [0.25, 0.3) is 5.91 Å². The van der Waals surface area contributed by atoms with Crippen LogP contribution >= 0.6 is 15.9 Å². The lowest BCUT2D eigenvalue weighted by Gasteiger charge is -2.23. The van der Waals surface area contributed by atoms with E-state index in [1.54, 1.807) is 12.4 Å². The maximum Gasteiger partial charge on any atom is 0.258 e. The first-order valence-electron chi connectivity index (χ1n) is 7.45. The van der Waals surface area contributed by atoms with Crippen molar-refractivity contribution in [2.24, 2.45) is 0 Å². The highest BCUT2D eigenvalue weighted by molar-refractivity contribution is 9.10. The number of benzene rings is 1. The first kappa shape index (κ1) is 17.5. The Hall–Kier alpha value is -1.88. The molecule has 0 aliphatic heterocycles. The van der Waals surface area contributed by atoms with Gasteiger partial charge < -0.3 is 10.1 Å². The number of carbonyl (C=O) groups is 1. The topological polar surface area (TPSA) is 51.2 Å². The van der Waals surface area contributed by atoms with Crippen LogP contribution in [0.1, 0.15) is 31.9 Å². The fourth-order valence-electron chi connectivity index (χ4n) is 2.11. The Kier molecular flexibility index (Phi) is 5.77. The summed E-state index contributed by atoms with van der Waals surface area (Å²) in [6.45, 7) is 6.78. The maximum absolute atomic E-state index is 12.0. The number of hydrogen-bond donors (Lipinski definition) is 1. The largest absolute Gasteiger partial charge is 0.483 e. The molecule has 4 nitrogen and oxygen atoms in total. The number of ether oxygens (including phenoxy) is 1. The van der Waals surface area contributed by atoms with Gasteiger partial charge in [-0.15, -0.1) is 0 Å². The van der Waals surface area contributed by atoms with Crippen molar-refractivity contribution < 1.29 is 9.53 Å². The van der Waals surface area contributed by atoms with Gasteiger partial charge in [-0.25, -0.2) is 0 Å². The maximum atomic E-state index is 12.0. The minimum atomic E-state index is -0.156. The molecule has 0 aliphatic carbocycles. The molecule has 1 heterocycles. The Balaban J connectivity index is 1.94. The Morgan fingerprint density at radius 3 is 2.74 bits per heavy atom. The third kappa shape index (κ3) is 5.36. The molecular weight excluding hydrogens is 356 g/mol. The number of nitrogens with zero attached hydrogens (tertiary/aromatic N) is 1. The van der Waals surface area contributed by atoms with E-state index in [9.17, 15) is 4.79 Å². The third-order valence-electron chi connectivity index (χ3n) is 3.32.